The third-order valence-electron chi connectivity index (χ3n) is 3.23. The molecule has 7 heteroatoms. The number of anilines is 1. The third-order valence-corrected chi connectivity index (χ3v) is 3.44. The van der Waals surface area contributed by atoms with Gasteiger partial charge in [-0.15, -0.1) is 0 Å². The zero-order valence-electron chi connectivity index (χ0n) is 14.2. The minimum Gasteiger partial charge on any atom is -0.467 e. The van der Waals surface area contributed by atoms with Gasteiger partial charge in [0.2, 0.25) is 5.91 Å². The normalized spacial score (nSPS) is 10.4. The van der Waals surface area contributed by atoms with Gasteiger partial charge in [0.05, 0.1) is 12.8 Å². The van der Waals surface area contributed by atoms with Crippen molar-refractivity contribution in [2.24, 2.45) is 5.92 Å². The summed E-state index contributed by atoms with van der Waals surface area (Å²) in [4.78, 5) is 23.9. The minimum absolute atomic E-state index is 0.139. The topological polar surface area (TPSA) is 83.4 Å². The first-order valence-corrected chi connectivity index (χ1v) is 8.36. The average molecular weight is 359 g/mol. The molecule has 0 unspecified atom stereocenters. The van der Waals surface area contributed by atoms with Crippen LogP contribution in [0.3, 0.4) is 0 Å². The van der Waals surface area contributed by atoms with Gasteiger partial charge in [-0.25, -0.2) is 0 Å². The van der Waals surface area contributed by atoms with Gasteiger partial charge in [-0.3, -0.25) is 9.59 Å². The molecule has 0 fully saturated rings. The van der Waals surface area contributed by atoms with Crippen LogP contribution in [0.1, 0.15) is 36.4 Å². The number of rotatable bonds is 6. The molecule has 0 saturated heterocycles. The quantitative estimate of drug-likeness (QED) is 0.691. The number of amides is 2. The molecule has 0 bridgehead atoms. The molecule has 132 valence electrons. The summed E-state index contributed by atoms with van der Waals surface area (Å²) in [6.45, 7) is 4.23. The summed E-state index contributed by atoms with van der Waals surface area (Å²) in [6.07, 6.45) is 1.96. The number of carbonyl (C=O) groups is 2. The highest BCUT2D eigenvalue weighted by Gasteiger charge is 2.09. The lowest BCUT2D eigenvalue weighted by atomic mass is 10.1. The molecule has 0 radical (unpaired) electrons. The Balaban J connectivity index is 1.90. The highest BCUT2D eigenvalue weighted by molar-refractivity contribution is 7.80. The number of hydrogen-bond donors (Lipinski definition) is 3. The molecule has 0 atom stereocenters. The minimum atomic E-state index is -0.227. The second-order valence-corrected chi connectivity index (χ2v) is 6.35. The molecule has 1 aromatic carbocycles. The Kier molecular flexibility index (Phi) is 6.71. The Hall–Kier alpha value is -2.67. The molecule has 25 heavy (non-hydrogen) atoms. The highest BCUT2D eigenvalue weighted by atomic mass is 32.1. The number of furan rings is 1. The zero-order valence-corrected chi connectivity index (χ0v) is 15.0. The Labute approximate surface area is 152 Å². The number of hydrogen-bond acceptors (Lipinski definition) is 4. The van der Waals surface area contributed by atoms with E-state index in [0.717, 1.165) is 0 Å². The first-order chi connectivity index (χ1) is 11.9. The van der Waals surface area contributed by atoms with Crippen LogP contribution < -0.4 is 16.0 Å². The molecular formula is C18H21N3O3S. The van der Waals surface area contributed by atoms with Crippen molar-refractivity contribution >= 4 is 34.8 Å². The standard InChI is InChI=1S/C18H21N3O3S/c1-12(2)9-16(22)21-18(25)20-14-6-3-5-13(10-14)17(23)19-11-15-7-4-8-24-15/h3-8,10,12H,9,11H2,1-2H3,(H,19,23)(H2,20,21,22,25). The number of nitrogens with one attached hydrogen (secondary N) is 3. The van der Waals surface area contributed by atoms with Crippen LogP contribution in [-0.4, -0.2) is 16.9 Å². The molecule has 2 rings (SSSR count). The van der Waals surface area contributed by atoms with Gasteiger partial charge in [0.1, 0.15) is 5.76 Å². The van der Waals surface area contributed by atoms with E-state index in [1.165, 1.54) is 0 Å². The van der Waals surface area contributed by atoms with E-state index in [0.29, 0.717) is 30.0 Å². The maximum absolute atomic E-state index is 12.2. The summed E-state index contributed by atoms with van der Waals surface area (Å²) in [6, 6.07) is 10.4. The fourth-order valence-electron chi connectivity index (χ4n) is 2.13. The lowest BCUT2D eigenvalue weighted by molar-refractivity contribution is -0.120. The van der Waals surface area contributed by atoms with E-state index in [1.807, 2.05) is 13.8 Å². The van der Waals surface area contributed by atoms with Gasteiger partial charge in [-0.2, -0.15) is 0 Å². The van der Waals surface area contributed by atoms with E-state index in [-0.39, 0.29) is 22.8 Å². The third kappa shape index (κ3) is 6.39. The summed E-state index contributed by atoms with van der Waals surface area (Å²) >= 11 is 5.12. The number of carbonyl (C=O) groups excluding carboxylic acids is 2. The second kappa shape index (κ2) is 8.98. The van der Waals surface area contributed by atoms with Gasteiger partial charge in [0, 0.05) is 17.7 Å². The van der Waals surface area contributed by atoms with Gasteiger partial charge < -0.3 is 20.4 Å². The summed E-state index contributed by atoms with van der Waals surface area (Å²) < 4.78 is 5.18. The Morgan fingerprint density at radius 2 is 2.00 bits per heavy atom. The van der Waals surface area contributed by atoms with Gasteiger partial charge in [-0.05, 0) is 48.5 Å². The monoisotopic (exact) mass is 359 g/mol. The first-order valence-electron chi connectivity index (χ1n) is 7.95. The van der Waals surface area contributed by atoms with Crippen molar-refractivity contribution in [1.29, 1.82) is 0 Å². The van der Waals surface area contributed by atoms with Gasteiger partial charge in [-0.1, -0.05) is 19.9 Å². The van der Waals surface area contributed by atoms with Crippen LogP contribution in [0.25, 0.3) is 0 Å². The van der Waals surface area contributed by atoms with Gasteiger partial charge in [0.25, 0.3) is 5.91 Å². The maximum atomic E-state index is 12.2. The summed E-state index contributed by atoms with van der Waals surface area (Å²) in [7, 11) is 0. The van der Waals surface area contributed by atoms with E-state index in [9.17, 15) is 9.59 Å². The van der Waals surface area contributed by atoms with Crippen molar-refractivity contribution in [3.8, 4) is 0 Å². The highest BCUT2D eigenvalue weighted by Crippen LogP contribution is 2.11. The second-order valence-electron chi connectivity index (χ2n) is 5.94. The smallest absolute Gasteiger partial charge is 0.251 e. The molecule has 1 heterocycles. The molecule has 6 nitrogen and oxygen atoms in total. The first kappa shape index (κ1) is 18.7. The Morgan fingerprint density at radius 3 is 2.68 bits per heavy atom. The van der Waals surface area contributed by atoms with E-state index >= 15 is 0 Å². The predicted octanol–water partition coefficient (Wildman–Crippen LogP) is 3.07. The Morgan fingerprint density at radius 1 is 1.20 bits per heavy atom. The summed E-state index contributed by atoms with van der Waals surface area (Å²) in [5.41, 5.74) is 1.10. The van der Waals surface area contributed by atoms with Gasteiger partial charge >= 0.3 is 0 Å². The zero-order chi connectivity index (χ0) is 18.2. The van der Waals surface area contributed by atoms with Crippen LogP contribution in [0.2, 0.25) is 0 Å². The van der Waals surface area contributed by atoms with Crippen LogP contribution in [0.15, 0.2) is 47.1 Å². The summed E-state index contributed by atoms with van der Waals surface area (Å²) in [5, 5.41) is 8.51. The van der Waals surface area contributed by atoms with Crippen molar-refractivity contribution < 1.29 is 14.0 Å². The molecule has 0 aliphatic rings. The lowest BCUT2D eigenvalue weighted by Gasteiger charge is -2.11. The SMILES string of the molecule is CC(C)CC(=O)NC(=S)Nc1cccc(C(=O)NCc2ccco2)c1. The maximum Gasteiger partial charge on any atom is 0.251 e. The molecule has 2 aromatic rings. The summed E-state index contributed by atoms with van der Waals surface area (Å²) in [5.74, 6) is 0.565. The van der Waals surface area contributed by atoms with Crippen molar-refractivity contribution in [1.82, 2.24) is 10.6 Å². The molecule has 2 amide bonds. The number of benzene rings is 1. The largest absolute Gasteiger partial charge is 0.467 e. The number of thiocarbonyl (C=S) groups is 1. The van der Waals surface area contributed by atoms with E-state index in [1.54, 1.807) is 42.7 Å². The lowest BCUT2D eigenvalue weighted by Crippen LogP contribution is -2.34. The van der Waals surface area contributed by atoms with Gasteiger partial charge in [0.15, 0.2) is 5.11 Å². The average Bonchev–Trinajstić information content (AvgIpc) is 3.05. The van der Waals surface area contributed by atoms with Crippen molar-refractivity contribution in [3.63, 3.8) is 0 Å². The molecule has 0 spiro atoms. The molecule has 0 aliphatic heterocycles. The van der Waals surface area contributed by atoms with E-state index < -0.39 is 0 Å². The fourth-order valence-corrected chi connectivity index (χ4v) is 2.36. The molecule has 3 N–H and O–H groups in total. The molecule has 1 aromatic heterocycles. The van der Waals surface area contributed by atoms with E-state index in [2.05, 4.69) is 16.0 Å². The van der Waals surface area contributed by atoms with Crippen molar-refractivity contribution in [2.75, 3.05) is 5.32 Å². The predicted molar refractivity (Wildman–Crippen MR) is 100 cm³/mol. The van der Waals surface area contributed by atoms with Crippen LogP contribution in [0, 0.1) is 5.92 Å². The molecule has 0 aliphatic carbocycles. The van der Waals surface area contributed by atoms with Crippen LogP contribution in [-0.2, 0) is 11.3 Å². The van der Waals surface area contributed by atoms with Crippen LogP contribution in [0.5, 0.6) is 0 Å². The van der Waals surface area contributed by atoms with E-state index in [4.69, 9.17) is 16.6 Å². The van der Waals surface area contributed by atoms with Crippen molar-refractivity contribution in [2.45, 2.75) is 26.8 Å². The Bertz CT molecular complexity index is 742. The van der Waals surface area contributed by atoms with Crippen LogP contribution in [0.4, 0.5) is 5.69 Å². The van der Waals surface area contributed by atoms with Crippen LogP contribution >= 0.6 is 12.2 Å². The fraction of sp³-hybridized carbons (Fsp3) is 0.278. The molecule has 0 saturated carbocycles. The van der Waals surface area contributed by atoms with Crippen molar-refractivity contribution in [3.05, 3.63) is 54.0 Å². The molecular weight excluding hydrogens is 338 g/mol.